The second kappa shape index (κ2) is 8.12. The van der Waals surface area contributed by atoms with E-state index in [9.17, 15) is 19.8 Å². The van der Waals surface area contributed by atoms with Crippen LogP contribution in [-0.4, -0.2) is 47.0 Å². The van der Waals surface area contributed by atoms with Crippen molar-refractivity contribution < 1.29 is 24.5 Å². The highest BCUT2D eigenvalue weighted by atomic mass is 16.5. The molecule has 1 aliphatic heterocycles. The number of likely N-dealkylation sites (tertiary alicyclic amines) is 1. The van der Waals surface area contributed by atoms with Crippen LogP contribution < -0.4 is 4.74 Å². The van der Waals surface area contributed by atoms with Gasteiger partial charge >= 0.3 is 0 Å². The van der Waals surface area contributed by atoms with Gasteiger partial charge in [0.15, 0.2) is 6.29 Å². The Bertz CT molecular complexity index is 848. The summed E-state index contributed by atoms with van der Waals surface area (Å²) in [6.45, 7) is 3.48. The minimum Gasteiger partial charge on any atom is -0.508 e. The topological polar surface area (TPSA) is 87.1 Å². The number of aromatic hydroxyl groups is 2. The molecule has 2 aromatic rings. The predicted octanol–water partition coefficient (Wildman–Crippen LogP) is 3.15. The van der Waals surface area contributed by atoms with E-state index in [2.05, 4.69) is 0 Å². The van der Waals surface area contributed by atoms with Crippen molar-refractivity contribution in [1.29, 1.82) is 0 Å². The van der Waals surface area contributed by atoms with Gasteiger partial charge in [0, 0.05) is 30.1 Å². The van der Waals surface area contributed by atoms with Crippen LogP contribution in [-0.2, 0) is 0 Å². The number of nitrogens with zero attached hydrogens (tertiary/aromatic N) is 1. The Morgan fingerprint density at radius 1 is 1.26 bits per heavy atom. The second-order valence-corrected chi connectivity index (χ2v) is 6.86. The second-order valence-electron chi connectivity index (χ2n) is 6.86. The summed E-state index contributed by atoms with van der Waals surface area (Å²) in [5.41, 5.74) is 1.20. The third kappa shape index (κ3) is 4.22. The first-order valence-electron chi connectivity index (χ1n) is 8.98. The number of ether oxygens (including phenoxy) is 1. The molecule has 142 valence electrons. The first-order chi connectivity index (χ1) is 13.0. The van der Waals surface area contributed by atoms with Gasteiger partial charge in [-0.25, -0.2) is 0 Å². The van der Waals surface area contributed by atoms with Gasteiger partial charge in [-0.05, 0) is 50.1 Å². The molecule has 1 aliphatic rings. The smallest absolute Gasteiger partial charge is 0.253 e. The highest BCUT2D eigenvalue weighted by Crippen LogP contribution is 2.28. The van der Waals surface area contributed by atoms with Crippen molar-refractivity contribution in [2.24, 2.45) is 5.92 Å². The van der Waals surface area contributed by atoms with Crippen molar-refractivity contribution in [3.8, 4) is 17.2 Å². The summed E-state index contributed by atoms with van der Waals surface area (Å²) in [6, 6.07) is 9.49. The number of benzene rings is 2. The molecular formula is C21H23NO5. The fourth-order valence-corrected chi connectivity index (χ4v) is 3.32. The molecule has 0 unspecified atom stereocenters. The van der Waals surface area contributed by atoms with Gasteiger partial charge in [0.25, 0.3) is 5.91 Å². The van der Waals surface area contributed by atoms with E-state index in [1.54, 1.807) is 24.0 Å². The number of aldehydes is 1. The lowest BCUT2D eigenvalue weighted by Gasteiger charge is -2.33. The van der Waals surface area contributed by atoms with E-state index in [0.29, 0.717) is 42.9 Å². The molecule has 3 rings (SSSR count). The number of carbonyl (C=O) groups is 2. The highest BCUT2D eigenvalue weighted by Gasteiger charge is 2.25. The van der Waals surface area contributed by atoms with Crippen LogP contribution in [0.4, 0.5) is 0 Å². The maximum atomic E-state index is 12.8. The van der Waals surface area contributed by atoms with E-state index >= 15 is 0 Å². The van der Waals surface area contributed by atoms with Crippen LogP contribution in [0.5, 0.6) is 17.2 Å². The van der Waals surface area contributed by atoms with Gasteiger partial charge in [-0.2, -0.15) is 0 Å². The number of amides is 1. The maximum absolute atomic E-state index is 12.8. The monoisotopic (exact) mass is 369 g/mol. The molecule has 1 fully saturated rings. The number of piperidine rings is 1. The molecule has 27 heavy (non-hydrogen) atoms. The van der Waals surface area contributed by atoms with Crippen LogP contribution in [0.1, 0.15) is 39.1 Å². The minimum atomic E-state index is -0.156. The summed E-state index contributed by atoms with van der Waals surface area (Å²) in [6.07, 6.45) is 2.37. The minimum absolute atomic E-state index is 0.108. The number of phenols is 2. The van der Waals surface area contributed by atoms with Crippen LogP contribution in [0.2, 0.25) is 0 Å². The van der Waals surface area contributed by atoms with Crippen LogP contribution in [0, 0.1) is 12.8 Å². The van der Waals surface area contributed by atoms with Gasteiger partial charge in [-0.3, -0.25) is 9.59 Å². The lowest BCUT2D eigenvalue weighted by molar-refractivity contribution is 0.0633. The molecule has 2 aromatic carbocycles. The Kier molecular flexibility index (Phi) is 5.64. The summed E-state index contributed by atoms with van der Waals surface area (Å²) >= 11 is 0. The Hall–Kier alpha value is -3.02. The van der Waals surface area contributed by atoms with Crippen molar-refractivity contribution in [2.45, 2.75) is 19.8 Å². The highest BCUT2D eigenvalue weighted by molar-refractivity contribution is 5.96. The third-order valence-corrected chi connectivity index (χ3v) is 4.94. The molecule has 0 aliphatic carbocycles. The van der Waals surface area contributed by atoms with Gasteiger partial charge in [-0.1, -0.05) is 6.07 Å². The Labute approximate surface area is 158 Å². The third-order valence-electron chi connectivity index (χ3n) is 4.94. The zero-order valence-electron chi connectivity index (χ0n) is 15.2. The van der Waals surface area contributed by atoms with Gasteiger partial charge in [0.1, 0.15) is 17.2 Å². The fourth-order valence-electron chi connectivity index (χ4n) is 3.32. The first-order valence-corrected chi connectivity index (χ1v) is 8.98. The van der Waals surface area contributed by atoms with Crippen molar-refractivity contribution in [1.82, 2.24) is 4.90 Å². The lowest BCUT2D eigenvalue weighted by Crippen LogP contribution is -2.41. The Morgan fingerprint density at radius 3 is 2.85 bits per heavy atom. The van der Waals surface area contributed by atoms with Crippen molar-refractivity contribution in [3.05, 3.63) is 53.1 Å². The molecule has 6 nitrogen and oxygen atoms in total. The molecule has 2 N–H and O–H groups in total. The molecule has 1 saturated heterocycles. The Morgan fingerprint density at radius 2 is 2.07 bits per heavy atom. The van der Waals surface area contributed by atoms with Gasteiger partial charge in [0.2, 0.25) is 0 Å². The van der Waals surface area contributed by atoms with Crippen molar-refractivity contribution in [2.75, 3.05) is 19.7 Å². The largest absolute Gasteiger partial charge is 0.508 e. The number of phenolic OH excluding ortho intramolecular Hbond substituents is 2. The number of hydrogen-bond acceptors (Lipinski definition) is 5. The molecule has 1 amide bonds. The SMILES string of the molecule is Cc1c(O)cccc1OC[C@@H]1CCCN(C(=O)c2ccc(O)c(C=O)c2)C1. The van der Waals surface area contributed by atoms with E-state index in [0.717, 1.165) is 12.8 Å². The Balaban J connectivity index is 1.64. The predicted molar refractivity (Wildman–Crippen MR) is 100 cm³/mol. The molecule has 6 heteroatoms. The van der Waals surface area contributed by atoms with Crippen molar-refractivity contribution >= 4 is 12.2 Å². The average molecular weight is 369 g/mol. The molecule has 1 heterocycles. The van der Waals surface area contributed by atoms with Crippen LogP contribution in [0.25, 0.3) is 0 Å². The normalized spacial score (nSPS) is 16.8. The summed E-state index contributed by atoms with van der Waals surface area (Å²) in [4.78, 5) is 25.5. The van der Waals surface area contributed by atoms with E-state index in [1.165, 1.54) is 18.2 Å². The molecule has 1 atom stereocenters. The summed E-state index contributed by atoms with van der Waals surface area (Å²) in [7, 11) is 0. The molecule has 0 radical (unpaired) electrons. The molecule has 0 spiro atoms. The molecular weight excluding hydrogens is 346 g/mol. The lowest BCUT2D eigenvalue weighted by atomic mass is 9.98. The van der Waals surface area contributed by atoms with Gasteiger partial charge in [-0.15, -0.1) is 0 Å². The first kappa shape index (κ1) is 18.8. The van der Waals surface area contributed by atoms with Crippen LogP contribution >= 0.6 is 0 Å². The molecule has 0 saturated carbocycles. The quantitative estimate of drug-likeness (QED) is 0.791. The number of hydrogen-bond donors (Lipinski definition) is 2. The standard InChI is InChI=1S/C21H23NO5/c1-14-18(24)5-2-6-20(14)27-13-15-4-3-9-22(11-15)21(26)16-7-8-19(25)17(10-16)12-23/h2,5-8,10,12,15,24-25H,3-4,9,11,13H2,1H3/t15-/m1/s1. The average Bonchev–Trinajstić information content (AvgIpc) is 2.69. The summed E-state index contributed by atoms with van der Waals surface area (Å²) in [5.74, 6) is 0.746. The zero-order chi connectivity index (χ0) is 19.4. The van der Waals surface area contributed by atoms with E-state index < -0.39 is 0 Å². The van der Waals surface area contributed by atoms with Crippen molar-refractivity contribution in [3.63, 3.8) is 0 Å². The van der Waals surface area contributed by atoms with Crippen LogP contribution in [0.15, 0.2) is 36.4 Å². The molecule has 0 bridgehead atoms. The molecule has 0 aromatic heterocycles. The van der Waals surface area contributed by atoms with Crippen LogP contribution in [0.3, 0.4) is 0 Å². The number of rotatable bonds is 5. The van der Waals surface area contributed by atoms with Gasteiger partial charge < -0.3 is 19.8 Å². The van der Waals surface area contributed by atoms with E-state index in [4.69, 9.17) is 4.74 Å². The fraction of sp³-hybridized carbons (Fsp3) is 0.333. The summed E-state index contributed by atoms with van der Waals surface area (Å²) in [5, 5.41) is 19.4. The summed E-state index contributed by atoms with van der Waals surface area (Å²) < 4.78 is 5.87. The zero-order valence-corrected chi connectivity index (χ0v) is 15.2. The van der Waals surface area contributed by atoms with Gasteiger partial charge in [0.05, 0.1) is 12.2 Å². The maximum Gasteiger partial charge on any atom is 0.253 e. The van der Waals surface area contributed by atoms with E-state index in [1.807, 2.05) is 6.07 Å². The van der Waals surface area contributed by atoms with E-state index in [-0.39, 0.29) is 28.9 Å². The number of carbonyl (C=O) groups excluding carboxylic acids is 2.